The molecule has 1 aromatic carbocycles. The Kier molecular flexibility index (Phi) is 6.36. The van der Waals surface area contributed by atoms with Crippen LogP contribution >= 0.6 is 0 Å². The van der Waals surface area contributed by atoms with E-state index in [-0.39, 0.29) is 12.0 Å². The lowest BCUT2D eigenvalue weighted by molar-refractivity contribution is -0.130. The first-order valence-electron chi connectivity index (χ1n) is 6.69. The summed E-state index contributed by atoms with van der Waals surface area (Å²) in [6.45, 7) is 5.20. The van der Waals surface area contributed by atoms with Crippen molar-refractivity contribution in [3.8, 4) is 0 Å². The highest BCUT2D eigenvalue weighted by atomic mass is 16.5. The summed E-state index contributed by atoms with van der Waals surface area (Å²) in [4.78, 5) is 13.6. The van der Waals surface area contributed by atoms with Crippen LogP contribution in [0.15, 0.2) is 24.3 Å². The normalized spacial score (nSPS) is 10.7. The minimum Gasteiger partial charge on any atom is -0.399 e. The van der Waals surface area contributed by atoms with E-state index >= 15 is 0 Å². The summed E-state index contributed by atoms with van der Waals surface area (Å²) in [6.07, 6.45) is 1.47. The number of amides is 1. The first-order valence-corrected chi connectivity index (χ1v) is 6.69. The Hall–Kier alpha value is -1.55. The van der Waals surface area contributed by atoms with Gasteiger partial charge in [0.05, 0.1) is 12.7 Å². The molecule has 2 N–H and O–H groups in total. The maximum atomic E-state index is 11.9. The van der Waals surface area contributed by atoms with Gasteiger partial charge in [0.2, 0.25) is 5.91 Å². The molecule has 4 heteroatoms. The summed E-state index contributed by atoms with van der Waals surface area (Å²) >= 11 is 0. The SMILES string of the molecule is CC(C)OCCN(C)C(=O)CCc1ccc(N)cc1. The van der Waals surface area contributed by atoms with Gasteiger partial charge in [-0.15, -0.1) is 0 Å². The van der Waals surface area contributed by atoms with Crippen molar-refractivity contribution < 1.29 is 9.53 Å². The molecule has 0 fully saturated rings. The molecule has 4 nitrogen and oxygen atoms in total. The van der Waals surface area contributed by atoms with Gasteiger partial charge in [0.15, 0.2) is 0 Å². The van der Waals surface area contributed by atoms with E-state index in [4.69, 9.17) is 10.5 Å². The fraction of sp³-hybridized carbons (Fsp3) is 0.533. The molecule has 0 saturated carbocycles. The molecule has 106 valence electrons. The quantitative estimate of drug-likeness (QED) is 0.767. The van der Waals surface area contributed by atoms with Gasteiger partial charge in [-0.1, -0.05) is 12.1 Å². The van der Waals surface area contributed by atoms with Gasteiger partial charge in [0.1, 0.15) is 0 Å². The predicted molar refractivity (Wildman–Crippen MR) is 77.9 cm³/mol. The number of hydrogen-bond acceptors (Lipinski definition) is 3. The number of hydrogen-bond donors (Lipinski definition) is 1. The lowest BCUT2D eigenvalue weighted by atomic mass is 10.1. The third-order valence-corrected chi connectivity index (χ3v) is 2.91. The van der Waals surface area contributed by atoms with Gasteiger partial charge in [-0.05, 0) is 38.0 Å². The van der Waals surface area contributed by atoms with E-state index in [0.717, 1.165) is 17.7 Å². The molecule has 0 aromatic heterocycles. The van der Waals surface area contributed by atoms with E-state index < -0.39 is 0 Å². The largest absolute Gasteiger partial charge is 0.399 e. The average molecular weight is 264 g/mol. The fourth-order valence-electron chi connectivity index (χ4n) is 1.68. The van der Waals surface area contributed by atoms with Crippen LogP contribution in [0.1, 0.15) is 25.8 Å². The minimum atomic E-state index is 0.143. The molecule has 0 saturated heterocycles. The number of nitrogens with zero attached hydrogens (tertiary/aromatic N) is 1. The number of aryl methyl sites for hydroxylation is 1. The van der Waals surface area contributed by atoms with Crippen LogP contribution in [-0.4, -0.2) is 37.1 Å². The zero-order valence-electron chi connectivity index (χ0n) is 12.1. The smallest absolute Gasteiger partial charge is 0.222 e. The molecule has 0 aliphatic carbocycles. The highest BCUT2D eigenvalue weighted by Crippen LogP contribution is 2.08. The first kappa shape index (κ1) is 15.5. The van der Waals surface area contributed by atoms with Crippen LogP contribution in [0.2, 0.25) is 0 Å². The molecular formula is C15H24N2O2. The van der Waals surface area contributed by atoms with E-state index in [0.29, 0.717) is 19.6 Å². The third kappa shape index (κ3) is 6.25. The topological polar surface area (TPSA) is 55.6 Å². The Bertz CT molecular complexity index is 388. The van der Waals surface area contributed by atoms with Gasteiger partial charge in [-0.25, -0.2) is 0 Å². The second-order valence-electron chi connectivity index (χ2n) is 4.98. The minimum absolute atomic E-state index is 0.143. The zero-order chi connectivity index (χ0) is 14.3. The van der Waals surface area contributed by atoms with Crippen LogP contribution in [0, 0.1) is 0 Å². The van der Waals surface area contributed by atoms with E-state index in [1.54, 1.807) is 4.90 Å². The number of nitrogen functional groups attached to an aromatic ring is 1. The molecule has 0 unspecified atom stereocenters. The van der Waals surface area contributed by atoms with Gasteiger partial charge < -0.3 is 15.4 Å². The molecule has 0 bridgehead atoms. The number of carbonyl (C=O) groups excluding carboxylic acids is 1. The van der Waals surface area contributed by atoms with Crippen LogP contribution in [0.5, 0.6) is 0 Å². The number of rotatable bonds is 7. The molecule has 0 spiro atoms. The number of benzene rings is 1. The second kappa shape index (κ2) is 7.79. The van der Waals surface area contributed by atoms with E-state index in [1.165, 1.54) is 0 Å². The highest BCUT2D eigenvalue weighted by molar-refractivity contribution is 5.76. The zero-order valence-corrected chi connectivity index (χ0v) is 12.1. The van der Waals surface area contributed by atoms with Crippen LogP contribution in [0.3, 0.4) is 0 Å². The molecule has 0 atom stereocenters. The summed E-state index contributed by atoms with van der Waals surface area (Å²) in [7, 11) is 1.81. The Labute approximate surface area is 115 Å². The highest BCUT2D eigenvalue weighted by Gasteiger charge is 2.08. The van der Waals surface area contributed by atoms with Crippen molar-refractivity contribution >= 4 is 11.6 Å². The van der Waals surface area contributed by atoms with Gasteiger partial charge in [-0.3, -0.25) is 4.79 Å². The van der Waals surface area contributed by atoms with Gasteiger partial charge >= 0.3 is 0 Å². The lowest BCUT2D eigenvalue weighted by Gasteiger charge is -2.18. The second-order valence-corrected chi connectivity index (χ2v) is 4.98. The van der Waals surface area contributed by atoms with Crippen LogP contribution in [-0.2, 0) is 16.0 Å². The molecule has 19 heavy (non-hydrogen) atoms. The number of anilines is 1. The molecule has 0 aliphatic heterocycles. The van der Waals surface area contributed by atoms with Crippen molar-refractivity contribution in [2.45, 2.75) is 32.8 Å². The molecule has 1 amide bonds. The Morgan fingerprint density at radius 1 is 1.32 bits per heavy atom. The predicted octanol–water partition coefficient (Wildman–Crippen LogP) is 2.08. The Morgan fingerprint density at radius 2 is 1.95 bits per heavy atom. The summed E-state index contributed by atoms with van der Waals surface area (Å²) in [5, 5.41) is 0. The van der Waals surface area contributed by atoms with E-state index in [2.05, 4.69) is 0 Å². The number of likely N-dealkylation sites (N-methyl/N-ethyl adjacent to an activating group) is 1. The molecule has 1 aromatic rings. The van der Waals surface area contributed by atoms with Crippen molar-refractivity contribution in [1.82, 2.24) is 4.90 Å². The first-order chi connectivity index (χ1) is 8.99. The maximum Gasteiger partial charge on any atom is 0.222 e. The van der Waals surface area contributed by atoms with Gasteiger partial charge in [0, 0.05) is 25.7 Å². The standard InChI is InChI=1S/C15H24N2O2/c1-12(2)19-11-10-17(3)15(18)9-6-13-4-7-14(16)8-5-13/h4-5,7-8,12H,6,9-11,16H2,1-3H3. The Morgan fingerprint density at radius 3 is 2.53 bits per heavy atom. The summed E-state index contributed by atoms with van der Waals surface area (Å²) in [6, 6.07) is 7.65. The number of ether oxygens (including phenoxy) is 1. The third-order valence-electron chi connectivity index (χ3n) is 2.91. The monoisotopic (exact) mass is 264 g/mol. The lowest BCUT2D eigenvalue weighted by Crippen LogP contribution is -2.30. The van der Waals surface area contributed by atoms with Crippen molar-refractivity contribution in [2.75, 3.05) is 25.9 Å². The van der Waals surface area contributed by atoms with Crippen LogP contribution in [0.25, 0.3) is 0 Å². The van der Waals surface area contributed by atoms with Crippen LogP contribution in [0.4, 0.5) is 5.69 Å². The summed E-state index contributed by atoms with van der Waals surface area (Å²) in [5.41, 5.74) is 7.50. The van der Waals surface area contributed by atoms with Gasteiger partial charge in [0.25, 0.3) is 0 Å². The number of carbonyl (C=O) groups is 1. The van der Waals surface area contributed by atoms with E-state index in [9.17, 15) is 4.79 Å². The molecular weight excluding hydrogens is 240 g/mol. The fourth-order valence-corrected chi connectivity index (χ4v) is 1.68. The molecule has 1 rings (SSSR count). The molecule has 0 aliphatic rings. The van der Waals surface area contributed by atoms with E-state index in [1.807, 2.05) is 45.2 Å². The molecule has 0 radical (unpaired) electrons. The van der Waals surface area contributed by atoms with Gasteiger partial charge in [-0.2, -0.15) is 0 Å². The van der Waals surface area contributed by atoms with Crippen molar-refractivity contribution in [1.29, 1.82) is 0 Å². The molecule has 0 heterocycles. The van der Waals surface area contributed by atoms with Crippen LogP contribution < -0.4 is 5.73 Å². The summed E-state index contributed by atoms with van der Waals surface area (Å²) < 4.78 is 5.43. The average Bonchev–Trinajstić information content (AvgIpc) is 2.37. The maximum absolute atomic E-state index is 11.9. The van der Waals surface area contributed by atoms with Crippen molar-refractivity contribution in [3.05, 3.63) is 29.8 Å². The Balaban J connectivity index is 2.28. The van der Waals surface area contributed by atoms with Crippen molar-refractivity contribution in [3.63, 3.8) is 0 Å². The van der Waals surface area contributed by atoms with Crippen molar-refractivity contribution in [2.24, 2.45) is 0 Å². The number of nitrogens with two attached hydrogens (primary N) is 1. The summed E-state index contributed by atoms with van der Waals surface area (Å²) in [5.74, 6) is 0.143.